The van der Waals surface area contributed by atoms with Crippen LogP contribution in [-0.4, -0.2) is 20.7 Å². The minimum atomic E-state index is -0.0620. The predicted octanol–water partition coefficient (Wildman–Crippen LogP) is 3.62. The molecule has 2 heterocycles. The minimum Gasteiger partial charge on any atom is -0.294 e. The van der Waals surface area contributed by atoms with E-state index in [1.165, 1.54) is 0 Å². The van der Waals surface area contributed by atoms with Crippen molar-refractivity contribution in [1.29, 1.82) is 0 Å². The molecule has 0 aliphatic heterocycles. The van der Waals surface area contributed by atoms with Gasteiger partial charge in [-0.2, -0.15) is 0 Å². The van der Waals surface area contributed by atoms with E-state index in [9.17, 15) is 4.79 Å². The number of halogens is 1. The van der Waals surface area contributed by atoms with Crippen LogP contribution >= 0.6 is 11.6 Å². The topological polar surface area (TPSA) is 55.7 Å². The van der Waals surface area contributed by atoms with Crippen LogP contribution in [0.25, 0.3) is 11.3 Å². The molecule has 0 saturated heterocycles. The lowest BCUT2D eigenvalue weighted by molar-refractivity contribution is 0.0991. The SMILES string of the molecule is O=C(Cc1ncc(-c2ccccn2)cn1)c1cccc(Cl)c1. The molecule has 108 valence electrons. The molecule has 0 radical (unpaired) electrons. The third-order valence-corrected chi connectivity index (χ3v) is 3.37. The lowest BCUT2D eigenvalue weighted by atomic mass is 10.1. The van der Waals surface area contributed by atoms with E-state index >= 15 is 0 Å². The molecule has 0 aliphatic carbocycles. The summed E-state index contributed by atoms with van der Waals surface area (Å²) >= 11 is 5.89. The zero-order valence-corrected chi connectivity index (χ0v) is 12.4. The summed E-state index contributed by atoms with van der Waals surface area (Å²) in [7, 11) is 0. The van der Waals surface area contributed by atoms with Gasteiger partial charge in [-0.15, -0.1) is 0 Å². The number of hydrogen-bond donors (Lipinski definition) is 0. The highest BCUT2D eigenvalue weighted by molar-refractivity contribution is 6.31. The molecule has 2 aromatic heterocycles. The van der Waals surface area contributed by atoms with Crippen LogP contribution in [0.3, 0.4) is 0 Å². The molecular weight excluding hydrogens is 298 g/mol. The second kappa shape index (κ2) is 6.45. The average Bonchev–Trinajstić information content (AvgIpc) is 2.56. The van der Waals surface area contributed by atoms with Crippen LogP contribution in [0.4, 0.5) is 0 Å². The van der Waals surface area contributed by atoms with E-state index < -0.39 is 0 Å². The molecule has 22 heavy (non-hydrogen) atoms. The van der Waals surface area contributed by atoms with Crippen molar-refractivity contribution >= 4 is 17.4 Å². The Morgan fingerprint density at radius 3 is 2.50 bits per heavy atom. The molecule has 0 spiro atoms. The molecule has 0 aliphatic rings. The summed E-state index contributed by atoms with van der Waals surface area (Å²) in [6.07, 6.45) is 5.21. The van der Waals surface area contributed by atoms with Gasteiger partial charge in [0.1, 0.15) is 5.82 Å². The third-order valence-electron chi connectivity index (χ3n) is 3.13. The van der Waals surface area contributed by atoms with Crippen molar-refractivity contribution in [3.05, 3.63) is 77.5 Å². The van der Waals surface area contributed by atoms with E-state index in [1.54, 1.807) is 42.9 Å². The summed E-state index contributed by atoms with van der Waals surface area (Å²) in [5, 5.41) is 0.539. The standard InChI is InChI=1S/C17H12ClN3O/c18-14-5-3-4-12(8-14)16(22)9-17-20-10-13(11-21-17)15-6-1-2-7-19-15/h1-8,10-11H,9H2. The summed E-state index contributed by atoms with van der Waals surface area (Å²) in [6.45, 7) is 0. The molecule has 4 nitrogen and oxygen atoms in total. The van der Waals surface area contributed by atoms with Gasteiger partial charge in [0.05, 0.1) is 12.1 Å². The fourth-order valence-corrected chi connectivity index (χ4v) is 2.21. The highest BCUT2D eigenvalue weighted by atomic mass is 35.5. The van der Waals surface area contributed by atoms with Crippen LogP contribution in [0, 0.1) is 0 Å². The van der Waals surface area contributed by atoms with Gasteiger partial charge in [0.25, 0.3) is 0 Å². The molecule has 3 rings (SSSR count). The molecule has 0 saturated carbocycles. The molecule has 1 aromatic carbocycles. The second-order valence-corrected chi connectivity index (χ2v) is 5.15. The Hall–Kier alpha value is -2.59. The Bertz CT molecular complexity index is 789. The highest BCUT2D eigenvalue weighted by Crippen LogP contribution is 2.15. The summed E-state index contributed by atoms with van der Waals surface area (Å²) < 4.78 is 0. The number of rotatable bonds is 4. The summed E-state index contributed by atoms with van der Waals surface area (Å²) in [6, 6.07) is 12.5. The van der Waals surface area contributed by atoms with Gasteiger partial charge in [0, 0.05) is 34.7 Å². The van der Waals surface area contributed by atoms with Gasteiger partial charge in [-0.25, -0.2) is 9.97 Å². The fourth-order valence-electron chi connectivity index (χ4n) is 2.02. The Morgan fingerprint density at radius 2 is 1.82 bits per heavy atom. The number of pyridine rings is 1. The van der Waals surface area contributed by atoms with Crippen molar-refractivity contribution in [2.45, 2.75) is 6.42 Å². The van der Waals surface area contributed by atoms with Crippen LogP contribution in [0.5, 0.6) is 0 Å². The van der Waals surface area contributed by atoms with Gasteiger partial charge in [0.15, 0.2) is 5.78 Å². The molecule has 5 heteroatoms. The first-order chi connectivity index (χ1) is 10.7. The van der Waals surface area contributed by atoms with Crippen molar-refractivity contribution in [3.8, 4) is 11.3 Å². The number of carbonyl (C=O) groups excluding carboxylic acids is 1. The quantitative estimate of drug-likeness (QED) is 0.691. The Morgan fingerprint density at radius 1 is 1.00 bits per heavy atom. The summed E-state index contributed by atoms with van der Waals surface area (Å²) in [4.78, 5) is 24.9. The first-order valence-electron chi connectivity index (χ1n) is 6.73. The first kappa shape index (κ1) is 14.4. The molecular formula is C17H12ClN3O. The number of hydrogen-bond acceptors (Lipinski definition) is 4. The van der Waals surface area contributed by atoms with Crippen LogP contribution in [-0.2, 0) is 6.42 Å². The molecule has 0 N–H and O–H groups in total. The van der Waals surface area contributed by atoms with E-state index in [2.05, 4.69) is 15.0 Å². The maximum absolute atomic E-state index is 12.2. The highest BCUT2D eigenvalue weighted by Gasteiger charge is 2.10. The molecule has 0 unspecified atom stereocenters. The van der Waals surface area contributed by atoms with E-state index in [0.717, 1.165) is 11.3 Å². The predicted molar refractivity (Wildman–Crippen MR) is 84.7 cm³/mol. The maximum atomic E-state index is 12.2. The van der Waals surface area contributed by atoms with Gasteiger partial charge in [-0.1, -0.05) is 29.8 Å². The molecule has 0 atom stereocenters. The molecule has 0 amide bonds. The third kappa shape index (κ3) is 3.35. The second-order valence-electron chi connectivity index (χ2n) is 4.71. The number of nitrogens with zero attached hydrogens (tertiary/aromatic N) is 3. The van der Waals surface area contributed by atoms with Gasteiger partial charge >= 0.3 is 0 Å². The van der Waals surface area contributed by atoms with Crippen molar-refractivity contribution in [1.82, 2.24) is 15.0 Å². The van der Waals surface area contributed by atoms with E-state index in [1.807, 2.05) is 18.2 Å². The number of benzene rings is 1. The lowest BCUT2D eigenvalue weighted by Crippen LogP contribution is -2.07. The monoisotopic (exact) mass is 309 g/mol. The number of Topliss-reactive ketones (excluding diaryl/α,β-unsaturated/α-hetero) is 1. The largest absolute Gasteiger partial charge is 0.294 e. The van der Waals surface area contributed by atoms with Gasteiger partial charge in [0.2, 0.25) is 0 Å². The average molecular weight is 310 g/mol. The molecule has 0 bridgehead atoms. The smallest absolute Gasteiger partial charge is 0.170 e. The minimum absolute atomic E-state index is 0.0620. The number of aromatic nitrogens is 3. The van der Waals surface area contributed by atoms with Gasteiger partial charge < -0.3 is 0 Å². The van der Waals surface area contributed by atoms with Crippen LogP contribution in [0.1, 0.15) is 16.2 Å². The van der Waals surface area contributed by atoms with Crippen LogP contribution in [0.2, 0.25) is 5.02 Å². The van der Waals surface area contributed by atoms with Gasteiger partial charge in [-0.3, -0.25) is 9.78 Å². The first-order valence-corrected chi connectivity index (χ1v) is 7.11. The van der Waals surface area contributed by atoms with Crippen molar-refractivity contribution in [2.24, 2.45) is 0 Å². The van der Waals surface area contributed by atoms with Crippen LogP contribution < -0.4 is 0 Å². The fraction of sp³-hybridized carbons (Fsp3) is 0.0588. The molecule has 0 fully saturated rings. The molecule has 3 aromatic rings. The Kier molecular flexibility index (Phi) is 4.21. The normalized spacial score (nSPS) is 10.4. The lowest BCUT2D eigenvalue weighted by Gasteiger charge is -2.03. The zero-order valence-electron chi connectivity index (χ0n) is 11.6. The van der Waals surface area contributed by atoms with Crippen LogP contribution in [0.15, 0.2) is 61.1 Å². The van der Waals surface area contributed by atoms with Crippen molar-refractivity contribution < 1.29 is 4.79 Å². The number of ketones is 1. The van der Waals surface area contributed by atoms with Crippen molar-refractivity contribution in [2.75, 3.05) is 0 Å². The zero-order chi connectivity index (χ0) is 15.4. The Balaban J connectivity index is 1.75. The van der Waals surface area contributed by atoms with Gasteiger partial charge in [-0.05, 0) is 24.3 Å². The van der Waals surface area contributed by atoms with Crippen molar-refractivity contribution in [3.63, 3.8) is 0 Å². The van der Waals surface area contributed by atoms with E-state index in [4.69, 9.17) is 11.6 Å². The summed E-state index contributed by atoms with van der Waals surface area (Å²) in [5.41, 5.74) is 2.18. The Labute approximate surface area is 132 Å². The number of carbonyl (C=O) groups is 1. The summed E-state index contributed by atoms with van der Waals surface area (Å²) in [5.74, 6) is 0.415. The van der Waals surface area contributed by atoms with E-state index in [-0.39, 0.29) is 12.2 Å². The maximum Gasteiger partial charge on any atom is 0.170 e. The van der Waals surface area contributed by atoms with E-state index in [0.29, 0.717) is 16.4 Å².